The van der Waals surface area contributed by atoms with E-state index >= 15 is 0 Å². The number of fused-ring (bicyclic) bond motifs is 1. The van der Waals surface area contributed by atoms with Gasteiger partial charge in [-0.1, -0.05) is 37.3 Å². The highest BCUT2D eigenvalue weighted by Gasteiger charge is 2.27. The molecule has 0 saturated carbocycles. The third-order valence-corrected chi connectivity index (χ3v) is 5.14. The summed E-state index contributed by atoms with van der Waals surface area (Å²) in [5.74, 6) is 2.10. The van der Waals surface area contributed by atoms with Gasteiger partial charge in [0.15, 0.2) is 0 Å². The summed E-state index contributed by atoms with van der Waals surface area (Å²) < 4.78 is 8.17. The number of hydrogen-bond acceptors (Lipinski definition) is 3. The molecule has 1 saturated heterocycles. The molecule has 27 heavy (non-hydrogen) atoms. The van der Waals surface area contributed by atoms with Crippen LogP contribution >= 0.6 is 0 Å². The molecule has 140 valence electrons. The van der Waals surface area contributed by atoms with Crippen LogP contribution in [0.15, 0.2) is 54.6 Å². The van der Waals surface area contributed by atoms with Crippen molar-refractivity contribution in [1.29, 1.82) is 0 Å². The summed E-state index contributed by atoms with van der Waals surface area (Å²) in [4.78, 5) is 19.3. The van der Waals surface area contributed by atoms with Gasteiger partial charge in [0.25, 0.3) is 0 Å². The van der Waals surface area contributed by atoms with Crippen molar-refractivity contribution < 1.29 is 9.53 Å². The molecule has 2 aromatic carbocycles. The molecule has 1 atom stereocenters. The number of imidazole rings is 1. The van der Waals surface area contributed by atoms with Crippen molar-refractivity contribution in [3.05, 3.63) is 60.4 Å². The minimum Gasteiger partial charge on any atom is -0.489 e. The minimum atomic E-state index is 0.0802. The van der Waals surface area contributed by atoms with Crippen LogP contribution in [0.25, 0.3) is 11.0 Å². The van der Waals surface area contributed by atoms with Crippen molar-refractivity contribution in [1.82, 2.24) is 14.5 Å². The number of aromatic nitrogens is 2. The van der Waals surface area contributed by atoms with Crippen LogP contribution in [0.2, 0.25) is 0 Å². The van der Waals surface area contributed by atoms with Gasteiger partial charge >= 0.3 is 0 Å². The Hall–Kier alpha value is -2.82. The van der Waals surface area contributed by atoms with Crippen LogP contribution < -0.4 is 4.74 Å². The van der Waals surface area contributed by atoms with E-state index in [-0.39, 0.29) is 12.0 Å². The number of amides is 1. The number of rotatable bonds is 6. The molecule has 0 spiro atoms. The maximum Gasteiger partial charge on any atom is 0.224 e. The number of ether oxygens (including phenoxy) is 1. The smallest absolute Gasteiger partial charge is 0.224 e. The van der Waals surface area contributed by atoms with Crippen LogP contribution in [-0.2, 0) is 17.8 Å². The second-order valence-electron chi connectivity index (χ2n) is 6.95. The fourth-order valence-corrected chi connectivity index (χ4v) is 3.75. The Kier molecular flexibility index (Phi) is 5.10. The van der Waals surface area contributed by atoms with E-state index in [0.717, 1.165) is 42.0 Å². The number of likely N-dealkylation sites (tertiary alicyclic amines) is 1. The highest BCUT2D eigenvalue weighted by atomic mass is 16.5. The van der Waals surface area contributed by atoms with E-state index in [1.807, 2.05) is 53.4 Å². The molecular weight excluding hydrogens is 338 g/mol. The van der Waals surface area contributed by atoms with Crippen molar-refractivity contribution in [2.24, 2.45) is 0 Å². The average Bonchev–Trinajstić information content (AvgIpc) is 3.31. The first kappa shape index (κ1) is 17.6. The third-order valence-electron chi connectivity index (χ3n) is 5.14. The van der Waals surface area contributed by atoms with E-state index in [1.54, 1.807) is 0 Å². The Bertz CT molecular complexity index is 920. The quantitative estimate of drug-likeness (QED) is 0.671. The van der Waals surface area contributed by atoms with Gasteiger partial charge in [0.2, 0.25) is 5.91 Å². The van der Waals surface area contributed by atoms with E-state index in [2.05, 4.69) is 22.5 Å². The summed E-state index contributed by atoms with van der Waals surface area (Å²) in [6.45, 7) is 4.20. The maximum atomic E-state index is 12.7. The monoisotopic (exact) mass is 363 g/mol. The first-order chi connectivity index (χ1) is 13.2. The first-order valence-corrected chi connectivity index (χ1v) is 9.68. The molecule has 0 radical (unpaired) electrons. The number of aryl methyl sites for hydroxylation is 2. The van der Waals surface area contributed by atoms with Gasteiger partial charge in [0.05, 0.1) is 17.6 Å². The molecule has 1 fully saturated rings. The van der Waals surface area contributed by atoms with Crippen molar-refractivity contribution in [3.8, 4) is 5.75 Å². The summed E-state index contributed by atoms with van der Waals surface area (Å²) in [6, 6.07) is 17.9. The molecule has 5 nitrogen and oxygen atoms in total. The summed E-state index contributed by atoms with van der Waals surface area (Å²) in [5.41, 5.74) is 2.10. The Morgan fingerprint density at radius 2 is 1.93 bits per heavy atom. The van der Waals surface area contributed by atoms with Gasteiger partial charge in [-0.25, -0.2) is 4.98 Å². The SMILES string of the molecule is CCc1nc2ccccc2n1CCC(=O)N1CC[C@@H](Oc2ccccc2)C1. The molecular formula is C22H25N3O2. The van der Waals surface area contributed by atoms with Crippen molar-refractivity contribution in [3.63, 3.8) is 0 Å². The minimum absolute atomic E-state index is 0.0802. The molecule has 0 unspecified atom stereocenters. The van der Waals surface area contributed by atoms with Gasteiger partial charge in [0, 0.05) is 32.4 Å². The Morgan fingerprint density at radius 1 is 1.15 bits per heavy atom. The lowest BCUT2D eigenvalue weighted by molar-refractivity contribution is -0.130. The lowest BCUT2D eigenvalue weighted by atomic mass is 10.3. The molecule has 4 rings (SSSR count). The van der Waals surface area contributed by atoms with Crippen molar-refractivity contribution >= 4 is 16.9 Å². The van der Waals surface area contributed by atoms with Gasteiger partial charge in [-0.15, -0.1) is 0 Å². The number of hydrogen-bond donors (Lipinski definition) is 0. The van der Waals surface area contributed by atoms with Gasteiger partial charge in [-0.05, 0) is 24.3 Å². The number of carbonyl (C=O) groups excluding carboxylic acids is 1. The van der Waals surface area contributed by atoms with Crippen LogP contribution in [0.4, 0.5) is 0 Å². The summed E-state index contributed by atoms with van der Waals surface area (Å²) in [5, 5.41) is 0. The highest BCUT2D eigenvalue weighted by molar-refractivity contribution is 5.78. The third kappa shape index (κ3) is 3.82. The van der Waals surface area contributed by atoms with E-state index in [1.165, 1.54) is 0 Å². The fourth-order valence-electron chi connectivity index (χ4n) is 3.75. The summed E-state index contributed by atoms with van der Waals surface area (Å²) >= 11 is 0. The van der Waals surface area contributed by atoms with Gasteiger partial charge < -0.3 is 14.2 Å². The summed E-state index contributed by atoms with van der Waals surface area (Å²) in [7, 11) is 0. The molecule has 1 aliphatic heterocycles. The molecule has 0 N–H and O–H groups in total. The molecule has 5 heteroatoms. The Balaban J connectivity index is 1.36. The normalized spacial score (nSPS) is 16.8. The van der Waals surface area contributed by atoms with E-state index in [9.17, 15) is 4.79 Å². The molecule has 2 heterocycles. The van der Waals surface area contributed by atoms with Gasteiger partial charge in [-0.3, -0.25) is 4.79 Å². The number of benzene rings is 2. The van der Waals surface area contributed by atoms with Crippen LogP contribution in [-0.4, -0.2) is 39.6 Å². The van der Waals surface area contributed by atoms with E-state index in [0.29, 0.717) is 19.5 Å². The molecule has 1 amide bonds. The van der Waals surface area contributed by atoms with Crippen LogP contribution in [0.1, 0.15) is 25.6 Å². The molecule has 1 aromatic heterocycles. The largest absolute Gasteiger partial charge is 0.489 e. The average molecular weight is 363 g/mol. The Morgan fingerprint density at radius 3 is 2.74 bits per heavy atom. The predicted molar refractivity (Wildman–Crippen MR) is 106 cm³/mol. The topological polar surface area (TPSA) is 47.4 Å². The van der Waals surface area contributed by atoms with Crippen LogP contribution in [0.3, 0.4) is 0 Å². The zero-order chi connectivity index (χ0) is 18.6. The van der Waals surface area contributed by atoms with Crippen molar-refractivity contribution in [2.45, 2.75) is 38.8 Å². The Labute approximate surface area is 159 Å². The molecule has 0 aliphatic carbocycles. The zero-order valence-electron chi connectivity index (χ0n) is 15.7. The predicted octanol–water partition coefficient (Wildman–Crippen LogP) is 3.67. The first-order valence-electron chi connectivity index (χ1n) is 9.68. The lowest BCUT2D eigenvalue weighted by Gasteiger charge is -2.18. The van der Waals surface area contributed by atoms with Gasteiger partial charge in [-0.2, -0.15) is 0 Å². The molecule has 1 aliphatic rings. The van der Waals surface area contributed by atoms with E-state index < -0.39 is 0 Å². The lowest BCUT2D eigenvalue weighted by Crippen LogP contribution is -2.31. The second-order valence-corrected chi connectivity index (χ2v) is 6.95. The molecule has 0 bridgehead atoms. The number of carbonyl (C=O) groups is 1. The maximum absolute atomic E-state index is 12.7. The number of para-hydroxylation sites is 3. The van der Waals surface area contributed by atoms with E-state index in [4.69, 9.17) is 4.74 Å². The van der Waals surface area contributed by atoms with Crippen LogP contribution in [0, 0.1) is 0 Å². The number of nitrogens with zero attached hydrogens (tertiary/aromatic N) is 3. The summed E-state index contributed by atoms with van der Waals surface area (Å²) in [6.07, 6.45) is 2.32. The standard InChI is InChI=1S/C22H25N3O2/c1-2-21-23-19-10-6-7-11-20(19)25(21)15-13-22(26)24-14-12-18(16-24)27-17-8-4-3-5-9-17/h3-11,18H,2,12-16H2,1H3/t18-/m1/s1. The van der Waals surface area contributed by atoms with Gasteiger partial charge in [0.1, 0.15) is 17.7 Å². The van der Waals surface area contributed by atoms with Crippen molar-refractivity contribution in [2.75, 3.05) is 13.1 Å². The zero-order valence-corrected chi connectivity index (χ0v) is 15.7. The van der Waals surface area contributed by atoms with Crippen LogP contribution in [0.5, 0.6) is 5.75 Å². The highest BCUT2D eigenvalue weighted by Crippen LogP contribution is 2.20. The molecule has 3 aromatic rings. The second kappa shape index (κ2) is 7.82. The fraction of sp³-hybridized carbons (Fsp3) is 0.364.